The Morgan fingerprint density at radius 2 is 2.20 bits per heavy atom. The molecule has 0 amide bonds. The van der Waals surface area contributed by atoms with Crippen LogP contribution in [0.1, 0.15) is 11.3 Å². The first-order valence-corrected chi connectivity index (χ1v) is 5.00. The van der Waals surface area contributed by atoms with Crippen LogP contribution in [0.3, 0.4) is 0 Å². The molecule has 0 atom stereocenters. The number of benzene rings is 1. The Balaban J connectivity index is 2.83. The maximum atomic E-state index is 6.19. The summed E-state index contributed by atoms with van der Waals surface area (Å²) < 4.78 is 10.8. The van der Waals surface area contributed by atoms with Crippen LogP contribution in [0.4, 0.5) is 0 Å². The smallest absolute Gasteiger partial charge is 0.177 e. The third kappa shape index (κ3) is 1.58. The van der Waals surface area contributed by atoms with Gasteiger partial charge in [0.05, 0.1) is 12.1 Å². The fourth-order valence-electron chi connectivity index (χ4n) is 1.62. The third-order valence-electron chi connectivity index (χ3n) is 2.34. The summed E-state index contributed by atoms with van der Waals surface area (Å²) in [5, 5.41) is 1.50. The van der Waals surface area contributed by atoms with Crippen LogP contribution in [-0.2, 0) is 6.54 Å². The summed E-state index contributed by atoms with van der Waals surface area (Å²) in [6, 6.07) is 3.70. The Hall–Kier alpha value is -1.19. The van der Waals surface area contributed by atoms with E-state index in [0.717, 1.165) is 16.7 Å². The van der Waals surface area contributed by atoms with E-state index in [0.29, 0.717) is 22.9 Å². The lowest BCUT2D eigenvalue weighted by molar-refractivity contribution is 0.408. The molecule has 15 heavy (non-hydrogen) atoms. The average Bonchev–Trinajstić information content (AvgIpc) is 2.61. The van der Waals surface area contributed by atoms with Crippen LogP contribution in [0.25, 0.3) is 11.0 Å². The van der Waals surface area contributed by atoms with E-state index in [1.165, 1.54) is 0 Å². The zero-order valence-corrected chi connectivity index (χ0v) is 9.39. The summed E-state index contributed by atoms with van der Waals surface area (Å²) in [5.41, 5.74) is 7.14. The molecular weight excluding hydrogens is 214 g/mol. The quantitative estimate of drug-likeness (QED) is 0.855. The lowest BCUT2D eigenvalue weighted by Crippen LogP contribution is -1.98. The van der Waals surface area contributed by atoms with E-state index in [1.54, 1.807) is 7.11 Å². The van der Waals surface area contributed by atoms with Crippen molar-refractivity contribution in [2.75, 3.05) is 7.11 Å². The molecule has 0 saturated heterocycles. The Morgan fingerprint density at radius 3 is 2.80 bits per heavy atom. The van der Waals surface area contributed by atoms with E-state index in [1.807, 2.05) is 19.1 Å². The van der Waals surface area contributed by atoms with Crippen LogP contribution in [0, 0.1) is 6.92 Å². The average molecular weight is 226 g/mol. The SMILES string of the molecule is COc1cc(CN)c(Cl)c2cc(C)oc12. The molecule has 3 nitrogen and oxygen atoms in total. The number of halogens is 1. The van der Waals surface area contributed by atoms with Gasteiger partial charge in [-0.05, 0) is 24.6 Å². The predicted octanol–water partition coefficient (Wildman–Crippen LogP) is 2.86. The van der Waals surface area contributed by atoms with E-state index in [-0.39, 0.29) is 0 Å². The molecule has 80 valence electrons. The molecule has 4 heteroatoms. The predicted molar refractivity (Wildman–Crippen MR) is 60.4 cm³/mol. The van der Waals surface area contributed by atoms with E-state index in [2.05, 4.69) is 0 Å². The molecule has 2 aromatic rings. The maximum Gasteiger partial charge on any atom is 0.177 e. The van der Waals surface area contributed by atoms with E-state index < -0.39 is 0 Å². The molecule has 0 bridgehead atoms. The lowest BCUT2D eigenvalue weighted by Gasteiger charge is -2.06. The van der Waals surface area contributed by atoms with Crippen molar-refractivity contribution in [2.24, 2.45) is 5.73 Å². The molecule has 1 aromatic heterocycles. The minimum atomic E-state index is 0.384. The first-order valence-electron chi connectivity index (χ1n) is 4.63. The van der Waals surface area contributed by atoms with Crippen LogP contribution in [0.5, 0.6) is 5.75 Å². The minimum Gasteiger partial charge on any atom is -0.493 e. The van der Waals surface area contributed by atoms with Gasteiger partial charge in [-0.2, -0.15) is 0 Å². The van der Waals surface area contributed by atoms with E-state index >= 15 is 0 Å². The summed E-state index contributed by atoms with van der Waals surface area (Å²) in [7, 11) is 1.60. The Bertz CT molecular complexity index is 505. The highest BCUT2D eigenvalue weighted by Gasteiger charge is 2.14. The molecule has 0 aliphatic carbocycles. The first kappa shape index (κ1) is 10.3. The normalized spacial score (nSPS) is 10.9. The van der Waals surface area contributed by atoms with Gasteiger partial charge in [0.15, 0.2) is 11.3 Å². The summed E-state index contributed by atoms with van der Waals surface area (Å²) >= 11 is 6.19. The van der Waals surface area contributed by atoms with Crippen LogP contribution in [0.15, 0.2) is 16.5 Å². The standard InChI is InChI=1S/C11H12ClNO2/c1-6-3-8-10(12)7(5-13)4-9(14-2)11(8)15-6/h3-4H,5,13H2,1-2H3. The zero-order chi connectivity index (χ0) is 11.0. The van der Waals surface area contributed by atoms with Crippen LogP contribution < -0.4 is 10.5 Å². The van der Waals surface area contributed by atoms with Crippen molar-refractivity contribution in [3.8, 4) is 5.75 Å². The molecule has 0 radical (unpaired) electrons. The Labute approximate surface area is 92.8 Å². The van der Waals surface area contributed by atoms with Crippen molar-refractivity contribution in [3.05, 3.63) is 28.5 Å². The van der Waals surface area contributed by atoms with Crippen molar-refractivity contribution >= 4 is 22.6 Å². The number of hydrogen-bond donors (Lipinski definition) is 1. The monoisotopic (exact) mass is 225 g/mol. The number of furan rings is 1. The molecule has 0 aliphatic heterocycles. The van der Waals surface area contributed by atoms with Gasteiger partial charge in [0.1, 0.15) is 5.76 Å². The largest absolute Gasteiger partial charge is 0.493 e. The van der Waals surface area contributed by atoms with Gasteiger partial charge in [-0.3, -0.25) is 0 Å². The molecule has 2 N–H and O–H groups in total. The van der Waals surface area contributed by atoms with Crippen LogP contribution in [0.2, 0.25) is 5.02 Å². The fraction of sp³-hybridized carbons (Fsp3) is 0.273. The highest BCUT2D eigenvalue weighted by molar-refractivity contribution is 6.36. The molecular formula is C11H12ClNO2. The summed E-state index contributed by atoms with van der Waals surface area (Å²) in [6.45, 7) is 2.26. The summed E-state index contributed by atoms with van der Waals surface area (Å²) in [6.07, 6.45) is 0. The van der Waals surface area contributed by atoms with Crippen molar-refractivity contribution in [1.29, 1.82) is 0 Å². The van der Waals surface area contributed by atoms with Crippen molar-refractivity contribution in [3.63, 3.8) is 0 Å². The van der Waals surface area contributed by atoms with Gasteiger partial charge in [-0.25, -0.2) is 0 Å². The molecule has 0 spiro atoms. The summed E-state index contributed by atoms with van der Waals surface area (Å²) in [5.74, 6) is 1.47. The van der Waals surface area contributed by atoms with Crippen LogP contribution in [-0.4, -0.2) is 7.11 Å². The van der Waals surface area contributed by atoms with Gasteiger partial charge in [0.2, 0.25) is 0 Å². The minimum absolute atomic E-state index is 0.384. The highest BCUT2D eigenvalue weighted by atomic mass is 35.5. The van der Waals surface area contributed by atoms with Gasteiger partial charge in [0.25, 0.3) is 0 Å². The zero-order valence-electron chi connectivity index (χ0n) is 8.63. The van der Waals surface area contributed by atoms with Gasteiger partial charge in [-0.1, -0.05) is 11.6 Å². The maximum absolute atomic E-state index is 6.19. The number of rotatable bonds is 2. The van der Waals surface area contributed by atoms with E-state index in [4.69, 9.17) is 26.5 Å². The second kappa shape index (κ2) is 3.76. The van der Waals surface area contributed by atoms with E-state index in [9.17, 15) is 0 Å². The Morgan fingerprint density at radius 1 is 1.47 bits per heavy atom. The fourth-order valence-corrected chi connectivity index (χ4v) is 1.89. The third-order valence-corrected chi connectivity index (χ3v) is 2.79. The van der Waals surface area contributed by atoms with Crippen molar-refractivity contribution in [2.45, 2.75) is 13.5 Å². The molecule has 0 unspecified atom stereocenters. The van der Waals surface area contributed by atoms with Crippen LogP contribution >= 0.6 is 11.6 Å². The topological polar surface area (TPSA) is 48.4 Å². The first-order chi connectivity index (χ1) is 7.17. The van der Waals surface area contributed by atoms with Gasteiger partial charge < -0.3 is 14.9 Å². The lowest BCUT2D eigenvalue weighted by atomic mass is 10.1. The molecule has 0 saturated carbocycles. The number of methoxy groups -OCH3 is 1. The molecule has 0 aliphatic rings. The molecule has 1 aromatic carbocycles. The van der Waals surface area contributed by atoms with Gasteiger partial charge in [0, 0.05) is 11.9 Å². The van der Waals surface area contributed by atoms with Crippen molar-refractivity contribution < 1.29 is 9.15 Å². The highest BCUT2D eigenvalue weighted by Crippen LogP contribution is 2.36. The van der Waals surface area contributed by atoms with Gasteiger partial charge >= 0.3 is 0 Å². The number of hydrogen-bond acceptors (Lipinski definition) is 3. The Kier molecular flexibility index (Phi) is 2.59. The molecule has 2 rings (SSSR count). The summed E-state index contributed by atoms with van der Waals surface area (Å²) in [4.78, 5) is 0. The number of aryl methyl sites for hydroxylation is 1. The number of fused-ring (bicyclic) bond motifs is 1. The number of nitrogens with two attached hydrogens (primary N) is 1. The van der Waals surface area contributed by atoms with Crippen molar-refractivity contribution in [1.82, 2.24) is 0 Å². The molecule has 1 heterocycles. The number of ether oxygens (including phenoxy) is 1. The second-order valence-electron chi connectivity index (χ2n) is 3.36. The molecule has 0 fully saturated rings. The second-order valence-corrected chi connectivity index (χ2v) is 3.73. The van der Waals surface area contributed by atoms with Gasteiger partial charge in [-0.15, -0.1) is 0 Å².